The first-order chi connectivity index (χ1) is 18.9. The first kappa shape index (κ1) is 26.9. The molecule has 5 rings (SSSR count). The van der Waals surface area contributed by atoms with Crippen molar-refractivity contribution >= 4 is 17.7 Å². The van der Waals surface area contributed by atoms with Crippen molar-refractivity contribution in [3.63, 3.8) is 0 Å². The lowest BCUT2D eigenvalue weighted by molar-refractivity contribution is -0.139. The third kappa shape index (κ3) is 6.65. The highest BCUT2D eigenvalue weighted by atomic mass is 16.4. The lowest BCUT2D eigenvalue weighted by Gasteiger charge is -2.20. The van der Waals surface area contributed by atoms with Crippen LogP contribution in [0.25, 0.3) is 5.69 Å². The van der Waals surface area contributed by atoms with Crippen LogP contribution in [0.3, 0.4) is 0 Å². The number of rotatable bonds is 10. The molecule has 206 valence electrons. The summed E-state index contributed by atoms with van der Waals surface area (Å²) in [6, 6.07) is 12.5. The largest absolute Gasteiger partial charge is 0.480 e. The van der Waals surface area contributed by atoms with Gasteiger partial charge < -0.3 is 20.6 Å². The number of carbonyl (C=O) groups excluding carboxylic acids is 1. The number of aliphatic carboxylic acids is 1. The Hall–Kier alpha value is -3.72. The second kappa shape index (κ2) is 12.0. The number of likely N-dealkylation sites (tertiary alicyclic amines) is 1. The maximum absolute atomic E-state index is 13.0. The summed E-state index contributed by atoms with van der Waals surface area (Å²) in [6.45, 7) is 7.42. The van der Waals surface area contributed by atoms with Crippen LogP contribution in [0.4, 0.5) is 5.82 Å². The van der Waals surface area contributed by atoms with Crippen molar-refractivity contribution in [3.05, 3.63) is 70.7 Å². The third-order valence-electron chi connectivity index (χ3n) is 7.83. The zero-order valence-electron chi connectivity index (χ0n) is 22.8. The van der Waals surface area contributed by atoms with E-state index in [0.717, 1.165) is 80.3 Å². The molecule has 3 aromatic rings. The molecule has 1 fully saturated rings. The number of anilines is 1. The molecule has 0 aliphatic carbocycles. The van der Waals surface area contributed by atoms with Crippen molar-refractivity contribution in [2.75, 3.05) is 31.5 Å². The van der Waals surface area contributed by atoms with Crippen LogP contribution >= 0.6 is 0 Å². The van der Waals surface area contributed by atoms with Crippen LogP contribution < -0.4 is 10.6 Å². The molecule has 1 aromatic carbocycles. The van der Waals surface area contributed by atoms with Crippen LogP contribution in [-0.4, -0.2) is 68.9 Å². The Balaban J connectivity index is 1.11. The Morgan fingerprint density at radius 1 is 1.21 bits per heavy atom. The molecule has 0 radical (unpaired) electrons. The predicted octanol–water partition coefficient (Wildman–Crippen LogP) is 3.77. The molecule has 1 amide bonds. The number of carboxylic acids is 1. The summed E-state index contributed by atoms with van der Waals surface area (Å²) < 4.78 is 1.78. The average molecular weight is 531 g/mol. The number of fused-ring (bicyclic) bond motifs is 1. The molecule has 2 aliphatic heterocycles. The number of amides is 1. The normalized spacial score (nSPS) is 17.8. The molecule has 0 saturated carbocycles. The molecule has 4 heterocycles. The summed E-state index contributed by atoms with van der Waals surface area (Å²) in [5.41, 5.74) is 5.49. The molecule has 1 saturated heterocycles. The van der Waals surface area contributed by atoms with Crippen molar-refractivity contribution in [3.8, 4) is 5.69 Å². The van der Waals surface area contributed by atoms with Crippen LogP contribution in [0.1, 0.15) is 58.7 Å². The summed E-state index contributed by atoms with van der Waals surface area (Å²) in [4.78, 5) is 32.1. The monoisotopic (exact) mass is 530 g/mol. The second-order valence-electron chi connectivity index (χ2n) is 10.9. The minimum Gasteiger partial charge on any atom is -0.480 e. The Labute approximate surface area is 229 Å². The zero-order valence-corrected chi connectivity index (χ0v) is 22.8. The standard InChI is InChI=1S/C30H38N6O3/c1-20-17-21(2)36(34-20)26-7-3-5-24(18-26)29(37)33-27(30(38)39)13-16-35-15-12-22(19-35)8-10-25-11-9-23-6-4-14-31-28(23)32-25/h3,5,7,9,11,17-18,22,27H,4,6,8,10,12-16,19H2,1-2H3,(H,31,32)(H,33,37)(H,38,39)/t22-,27+/m1/s1. The summed E-state index contributed by atoms with van der Waals surface area (Å²) in [5, 5.41) is 20.4. The van der Waals surface area contributed by atoms with Crippen molar-refractivity contribution < 1.29 is 14.7 Å². The van der Waals surface area contributed by atoms with E-state index in [9.17, 15) is 14.7 Å². The quantitative estimate of drug-likeness (QED) is 0.366. The van der Waals surface area contributed by atoms with Gasteiger partial charge in [-0.2, -0.15) is 5.10 Å². The van der Waals surface area contributed by atoms with Gasteiger partial charge in [-0.05, 0) is 101 Å². The van der Waals surface area contributed by atoms with Crippen LogP contribution in [0.5, 0.6) is 0 Å². The van der Waals surface area contributed by atoms with E-state index >= 15 is 0 Å². The number of aromatic nitrogens is 3. The van der Waals surface area contributed by atoms with Crippen molar-refractivity contribution in [2.45, 2.75) is 58.4 Å². The van der Waals surface area contributed by atoms with Crippen LogP contribution in [0, 0.1) is 19.8 Å². The van der Waals surface area contributed by atoms with Gasteiger partial charge in [0.15, 0.2) is 0 Å². The van der Waals surface area contributed by atoms with Gasteiger partial charge in [0, 0.05) is 36.6 Å². The van der Waals surface area contributed by atoms with E-state index < -0.39 is 17.9 Å². The molecular weight excluding hydrogens is 492 g/mol. The molecule has 9 heteroatoms. The Kier molecular flexibility index (Phi) is 8.26. The van der Waals surface area contributed by atoms with Gasteiger partial charge >= 0.3 is 5.97 Å². The number of carboxylic acid groups (broad SMARTS) is 1. The maximum Gasteiger partial charge on any atom is 0.326 e. The first-order valence-electron chi connectivity index (χ1n) is 14.0. The van der Waals surface area contributed by atoms with E-state index in [-0.39, 0.29) is 0 Å². The van der Waals surface area contributed by atoms with Crippen molar-refractivity contribution in [1.29, 1.82) is 0 Å². The molecule has 0 unspecified atom stereocenters. The number of hydrogen-bond donors (Lipinski definition) is 3. The third-order valence-corrected chi connectivity index (χ3v) is 7.83. The van der Waals surface area contributed by atoms with Gasteiger partial charge in [-0.25, -0.2) is 14.5 Å². The molecule has 0 bridgehead atoms. The fourth-order valence-electron chi connectivity index (χ4n) is 5.69. The van der Waals surface area contributed by atoms with Crippen LogP contribution in [0.15, 0.2) is 42.5 Å². The van der Waals surface area contributed by atoms with E-state index in [4.69, 9.17) is 4.98 Å². The number of benzene rings is 1. The molecule has 2 atom stereocenters. The topological polar surface area (TPSA) is 112 Å². The van der Waals surface area contributed by atoms with Crippen LogP contribution in [0.2, 0.25) is 0 Å². The molecule has 39 heavy (non-hydrogen) atoms. The highest BCUT2D eigenvalue weighted by Gasteiger charge is 2.26. The number of nitrogens with one attached hydrogen (secondary N) is 2. The highest BCUT2D eigenvalue weighted by Crippen LogP contribution is 2.24. The molecule has 3 N–H and O–H groups in total. The lowest BCUT2D eigenvalue weighted by atomic mass is 10.00. The van der Waals surface area contributed by atoms with Gasteiger partial charge in [-0.3, -0.25) is 4.79 Å². The molecule has 2 aromatic heterocycles. The molecule has 2 aliphatic rings. The number of carbonyl (C=O) groups is 2. The van der Waals surface area contributed by atoms with E-state index in [0.29, 0.717) is 24.4 Å². The molecule has 0 spiro atoms. The van der Waals surface area contributed by atoms with Crippen molar-refractivity contribution in [1.82, 2.24) is 25.0 Å². The van der Waals surface area contributed by atoms with Gasteiger partial charge in [0.2, 0.25) is 0 Å². The fourth-order valence-corrected chi connectivity index (χ4v) is 5.69. The van der Waals surface area contributed by atoms with E-state index in [2.05, 4.69) is 32.8 Å². The van der Waals surface area contributed by atoms with E-state index in [1.54, 1.807) is 22.9 Å². The molecule has 9 nitrogen and oxygen atoms in total. The highest BCUT2D eigenvalue weighted by molar-refractivity contribution is 5.97. The Morgan fingerprint density at radius 3 is 2.87 bits per heavy atom. The summed E-state index contributed by atoms with van der Waals surface area (Å²) in [5.74, 6) is 0.218. The fraction of sp³-hybridized carbons (Fsp3) is 0.467. The minimum atomic E-state index is -1.01. The predicted molar refractivity (Wildman–Crippen MR) is 150 cm³/mol. The Bertz CT molecular complexity index is 1340. The number of hydrogen-bond acceptors (Lipinski definition) is 6. The Morgan fingerprint density at radius 2 is 2.08 bits per heavy atom. The maximum atomic E-state index is 13.0. The smallest absolute Gasteiger partial charge is 0.326 e. The summed E-state index contributed by atoms with van der Waals surface area (Å²) in [7, 11) is 0. The molecular formula is C30H38N6O3. The minimum absolute atomic E-state index is 0.364. The van der Waals surface area contributed by atoms with Gasteiger partial charge in [0.05, 0.1) is 11.4 Å². The SMILES string of the molecule is Cc1cc(C)n(-c2cccc(C(=O)N[C@@H](CCN3CC[C@@H](CCc4ccc5c(n4)NCCC5)C3)C(=O)O)c2)n1. The lowest BCUT2D eigenvalue weighted by Crippen LogP contribution is -2.43. The van der Waals surface area contributed by atoms with Crippen molar-refractivity contribution in [2.24, 2.45) is 5.92 Å². The number of pyridine rings is 1. The number of nitrogens with zero attached hydrogens (tertiary/aromatic N) is 4. The van der Waals surface area contributed by atoms with Crippen LogP contribution in [-0.2, 0) is 17.6 Å². The van der Waals surface area contributed by atoms with E-state index in [1.807, 2.05) is 26.0 Å². The summed E-state index contributed by atoms with van der Waals surface area (Å²) in [6.07, 6.45) is 5.76. The average Bonchev–Trinajstić information content (AvgIpc) is 3.54. The zero-order chi connectivity index (χ0) is 27.4. The van der Waals surface area contributed by atoms with Gasteiger partial charge in [-0.1, -0.05) is 12.1 Å². The first-order valence-corrected chi connectivity index (χ1v) is 14.0. The van der Waals surface area contributed by atoms with Gasteiger partial charge in [0.1, 0.15) is 11.9 Å². The number of aryl methyl sites for hydroxylation is 4. The van der Waals surface area contributed by atoms with Gasteiger partial charge in [-0.15, -0.1) is 0 Å². The van der Waals surface area contributed by atoms with Gasteiger partial charge in [0.25, 0.3) is 5.91 Å². The summed E-state index contributed by atoms with van der Waals surface area (Å²) >= 11 is 0. The van der Waals surface area contributed by atoms with E-state index in [1.165, 1.54) is 5.56 Å². The second-order valence-corrected chi connectivity index (χ2v) is 10.9.